The Morgan fingerprint density at radius 1 is 1.44 bits per heavy atom. The van der Waals surface area contributed by atoms with Gasteiger partial charge >= 0.3 is 5.97 Å². The van der Waals surface area contributed by atoms with Crippen molar-refractivity contribution in [3.05, 3.63) is 35.4 Å². The minimum atomic E-state index is -0.933. The molecule has 0 aliphatic carbocycles. The summed E-state index contributed by atoms with van der Waals surface area (Å²) in [6.45, 7) is 5.59. The molecule has 1 rings (SSSR count). The third-order valence-electron chi connectivity index (χ3n) is 2.30. The summed E-state index contributed by atoms with van der Waals surface area (Å²) in [6.07, 6.45) is 0.710. The van der Waals surface area contributed by atoms with Crippen LogP contribution in [0, 0.1) is 6.92 Å². The summed E-state index contributed by atoms with van der Waals surface area (Å²) in [7, 11) is 0. The van der Waals surface area contributed by atoms with Gasteiger partial charge in [-0.3, -0.25) is 0 Å². The molecule has 0 heterocycles. The average Bonchev–Trinajstić information content (AvgIpc) is 2.14. The van der Waals surface area contributed by atoms with Gasteiger partial charge in [0.25, 0.3) is 0 Å². The smallest absolute Gasteiger partial charge is 0.329 e. The zero-order valence-corrected chi connectivity index (χ0v) is 9.99. The molecule has 3 nitrogen and oxygen atoms in total. The Morgan fingerprint density at radius 2 is 2.12 bits per heavy atom. The van der Waals surface area contributed by atoms with Gasteiger partial charge in [-0.05, 0) is 26.3 Å². The van der Waals surface area contributed by atoms with Crippen LogP contribution < -0.4 is 0 Å². The second-order valence-corrected chi connectivity index (χ2v) is 4.61. The normalized spacial score (nSPS) is 11.4. The van der Waals surface area contributed by atoms with E-state index in [1.807, 2.05) is 39.0 Å². The molecule has 0 aromatic heterocycles. The Bertz CT molecular complexity index is 369. The van der Waals surface area contributed by atoms with Crippen LogP contribution in [0.3, 0.4) is 0 Å². The molecule has 0 saturated carbocycles. The molecule has 88 valence electrons. The number of carboxylic acid groups (broad SMARTS) is 1. The maximum Gasteiger partial charge on any atom is 0.329 e. The summed E-state index contributed by atoms with van der Waals surface area (Å²) >= 11 is 0. The number of hydrogen-bond acceptors (Lipinski definition) is 2. The highest BCUT2D eigenvalue weighted by molar-refractivity contribution is 5.68. The van der Waals surface area contributed by atoms with Crippen LogP contribution in [0.1, 0.15) is 25.0 Å². The fourth-order valence-electron chi connectivity index (χ4n) is 1.62. The van der Waals surface area contributed by atoms with Gasteiger partial charge in [0.1, 0.15) is 6.61 Å². The topological polar surface area (TPSA) is 46.5 Å². The number of hydrogen-bond donors (Lipinski definition) is 1. The first kappa shape index (κ1) is 12.7. The van der Waals surface area contributed by atoms with E-state index < -0.39 is 11.6 Å². The molecule has 0 aliphatic heterocycles. The second kappa shape index (κ2) is 5.12. The Kier molecular flexibility index (Phi) is 4.07. The predicted molar refractivity (Wildman–Crippen MR) is 62.5 cm³/mol. The van der Waals surface area contributed by atoms with E-state index in [1.54, 1.807) is 0 Å². The summed E-state index contributed by atoms with van der Waals surface area (Å²) in [5, 5.41) is 8.56. The average molecular weight is 222 g/mol. The van der Waals surface area contributed by atoms with Crippen molar-refractivity contribution in [2.75, 3.05) is 6.61 Å². The van der Waals surface area contributed by atoms with Crippen molar-refractivity contribution in [2.24, 2.45) is 0 Å². The Morgan fingerprint density at radius 3 is 2.69 bits per heavy atom. The van der Waals surface area contributed by atoms with E-state index in [0.717, 1.165) is 5.56 Å². The van der Waals surface area contributed by atoms with Gasteiger partial charge in [-0.25, -0.2) is 4.79 Å². The minimum absolute atomic E-state index is 0.251. The van der Waals surface area contributed by atoms with Crippen molar-refractivity contribution in [3.63, 3.8) is 0 Å². The number of rotatable bonds is 5. The van der Waals surface area contributed by atoms with Crippen LogP contribution in [0.25, 0.3) is 0 Å². The molecule has 16 heavy (non-hydrogen) atoms. The molecule has 0 atom stereocenters. The SMILES string of the molecule is Cc1cccc(CC(C)(C)OCC(=O)O)c1. The van der Waals surface area contributed by atoms with Crippen LogP contribution in [-0.2, 0) is 16.0 Å². The van der Waals surface area contributed by atoms with Crippen molar-refractivity contribution in [2.45, 2.75) is 32.8 Å². The fourth-order valence-corrected chi connectivity index (χ4v) is 1.62. The summed E-state index contributed by atoms with van der Waals surface area (Å²) in [5.74, 6) is -0.933. The number of aryl methyl sites for hydroxylation is 1. The molecule has 1 aromatic carbocycles. The first-order chi connectivity index (χ1) is 7.39. The van der Waals surface area contributed by atoms with Gasteiger partial charge in [0.2, 0.25) is 0 Å². The van der Waals surface area contributed by atoms with Crippen LogP contribution in [0.2, 0.25) is 0 Å². The van der Waals surface area contributed by atoms with Gasteiger partial charge in [-0.15, -0.1) is 0 Å². The van der Waals surface area contributed by atoms with Crippen LogP contribution in [0.4, 0.5) is 0 Å². The van der Waals surface area contributed by atoms with Gasteiger partial charge in [-0.1, -0.05) is 29.8 Å². The molecule has 0 spiro atoms. The fraction of sp³-hybridized carbons (Fsp3) is 0.462. The van der Waals surface area contributed by atoms with Crippen molar-refractivity contribution >= 4 is 5.97 Å². The summed E-state index contributed by atoms with van der Waals surface area (Å²) in [4.78, 5) is 10.4. The van der Waals surface area contributed by atoms with E-state index >= 15 is 0 Å². The summed E-state index contributed by atoms with van der Waals surface area (Å²) in [5.41, 5.74) is 1.91. The lowest BCUT2D eigenvalue weighted by Crippen LogP contribution is -2.30. The van der Waals surface area contributed by atoms with E-state index in [2.05, 4.69) is 6.07 Å². The Hall–Kier alpha value is -1.35. The number of aliphatic carboxylic acids is 1. The molecular weight excluding hydrogens is 204 g/mol. The predicted octanol–water partition coefficient (Wildman–Crippen LogP) is 2.42. The van der Waals surface area contributed by atoms with E-state index in [9.17, 15) is 4.79 Å². The van der Waals surface area contributed by atoms with Crippen molar-refractivity contribution in [1.29, 1.82) is 0 Å². The largest absolute Gasteiger partial charge is 0.480 e. The number of carboxylic acids is 1. The number of carbonyl (C=O) groups is 1. The first-order valence-electron chi connectivity index (χ1n) is 5.30. The van der Waals surface area contributed by atoms with Crippen LogP contribution in [0.5, 0.6) is 0 Å². The van der Waals surface area contributed by atoms with Gasteiger partial charge in [0, 0.05) is 6.42 Å². The lowest BCUT2D eigenvalue weighted by Gasteiger charge is -2.24. The molecule has 0 aliphatic rings. The maximum atomic E-state index is 10.4. The minimum Gasteiger partial charge on any atom is -0.480 e. The zero-order chi connectivity index (χ0) is 12.2. The molecule has 0 saturated heterocycles. The van der Waals surface area contributed by atoms with Gasteiger partial charge in [0.05, 0.1) is 5.60 Å². The highest BCUT2D eigenvalue weighted by Gasteiger charge is 2.20. The molecular formula is C13H18O3. The molecule has 0 amide bonds. The first-order valence-corrected chi connectivity index (χ1v) is 5.30. The summed E-state index contributed by atoms with van der Waals surface area (Å²) < 4.78 is 5.34. The third kappa shape index (κ3) is 4.45. The van der Waals surface area contributed by atoms with Crippen molar-refractivity contribution in [1.82, 2.24) is 0 Å². The second-order valence-electron chi connectivity index (χ2n) is 4.61. The van der Waals surface area contributed by atoms with Crippen LogP contribution in [-0.4, -0.2) is 23.3 Å². The lowest BCUT2D eigenvalue weighted by molar-refractivity contribution is -0.148. The quantitative estimate of drug-likeness (QED) is 0.832. The van der Waals surface area contributed by atoms with Crippen LogP contribution in [0.15, 0.2) is 24.3 Å². The lowest BCUT2D eigenvalue weighted by atomic mass is 9.97. The highest BCUT2D eigenvalue weighted by Crippen LogP contribution is 2.17. The van der Waals surface area contributed by atoms with E-state index in [-0.39, 0.29) is 6.61 Å². The molecule has 0 bridgehead atoms. The van der Waals surface area contributed by atoms with E-state index in [0.29, 0.717) is 6.42 Å². The molecule has 1 aromatic rings. The van der Waals surface area contributed by atoms with Gasteiger partial charge in [0.15, 0.2) is 0 Å². The maximum absolute atomic E-state index is 10.4. The molecule has 0 radical (unpaired) electrons. The van der Waals surface area contributed by atoms with Crippen LogP contribution >= 0.6 is 0 Å². The molecule has 0 unspecified atom stereocenters. The monoisotopic (exact) mass is 222 g/mol. The van der Waals surface area contributed by atoms with Gasteiger partial charge < -0.3 is 9.84 Å². The Balaban J connectivity index is 2.61. The van der Waals surface area contributed by atoms with Crippen molar-refractivity contribution in [3.8, 4) is 0 Å². The molecule has 0 fully saturated rings. The molecule has 1 N–H and O–H groups in total. The highest BCUT2D eigenvalue weighted by atomic mass is 16.5. The summed E-state index contributed by atoms with van der Waals surface area (Å²) in [6, 6.07) is 8.15. The van der Waals surface area contributed by atoms with E-state index in [1.165, 1.54) is 5.56 Å². The standard InChI is InChI=1S/C13H18O3/c1-10-5-4-6-11(7-10)8-13(2,3)16-9-12(14)15/h4-7H,8-9H2,1-3H3,(H,14,15). The zero-order valence-electron chi connectivity index (χ0n) is 9.99. The van der Waals surface area contributed by atoms with Crippen molar-refractivity contribution < 1.29 is 14.6 Å². The van der Waals surface area contributed by atoms with E-state index in [4.69, 9.17) is 9.84 Å². The third-order valence-corrected chi connectivity index (χ3v) is 2.30. The number of benzene rings is 1. The Labute approximate surface area is 96.1 Å². The van der Waals surface area contributed by atoms with Gasteiger partial charge in [-0.2, -0.15) is 0 Å². The molecule has 3 heteroatoms. The number of ether oxygens (including phenoxy) is 1.